The molecule has 1 heterocycles. The molecule has 3 rings (SSSR count). The Morgan fingerprint density at radius 2 is 1.75 bits per heavy atom. The van der Waals surface area contributed by atoms with Gasteiger partial charge in [0.15, 0.2) is 0 Å². The Labute approximate surface area is 171 Å². The molecule has 2 aromatic rings. The van der Waals surface area contributed by atoms with Gasteiger partial charge in [-0.25, -0.2) is 0 Å². The van der Waals surface area contributed by atoms with E-state index in [-0.39, 0.29) is 17.2 Å². The van der Waals surface area contributed by atoms with Crippen molar-refractivity contribution in [2.45, 2.75) is 45.9 Å². The molecule has 0 bridgehead atoms. The predicted octanol–water partition coefficient (Wildman–Crippen LogP) is 5.57. The van der Waals surface area contributed by atoms with E-state index >= 15 is 0 Å². The molecule has 28 heavy (non-hydrogen) atoms. The maximum Gasteiger partial charge on any atom is 0.238 e. The standard InChI is InChI=1S/C23H28N2O2S/c1-15(2)16-10-7-9-13-19(16)25-20(26)14-28-21(25)17-11-6-8-12-18(17)24-22(27)23(3,4)5/h6-13,15,21H,14H2,1-5H3,(H,24,27)/t21-/m0/s1. The summed E-state index contributed by atoms with van der Waals surface area (Å²) in [7, 11) is 0. The van der Waals surface area contributed by atoms with Gasteiger partial charge in [0.2, 0.25) is 11.8 Å². The van der Waals surface area contributed by atoms with E-state index in [2.05, 4.69) is 25.2 Å². The van der Waals surface area contributed by atoms with E-state index in [1.54, 1.807) is 11.8 Å². The Kier molecular flexibility index (Phi) is 5.84. The molecule has 2 amide bonds. The number of benzene rings is 2. The smallest absolute Gasteiger partial charge is 0.238 e. The number of carbonyl (C=O) groups is 2. The molecule has 0 aliphatic carbocycles. The molecule has 1 aliphatic heterocycles. The van der Waals surface area contributed by atoms with Crippen LogP contribution >= 0.6 is 11.8 Å². The summed E-state index contributed by atoms with van der Waals surface area (Å²) >= 11 is 1.60. The first kappa shape index (κ1) is 20.5. The summed E-state index contributed by atoms with van der Waals surface area (Å²) in [4.78, 5) is 27.3. The van der Waals surface area contributed by atoms with Crippen molar-refractivity contribution in [1.82, 2.24) is 0 Å². The number of rotatable bonds is 4. The molecule has 1 aliphatic rings. The maximum atomic E-state index is 12.8. The molecule has 1 fully saturated rings. The van der Waals surface area contributed by atoms with Gasteiger partial charge < -0.3 is 5.32 Å². The minimum atomic E-state index is -0.490. The van der Waals surface area contributed by atoms with E-state index in [9.17, 15) is 9.59 Å². The lowest BCUT2D eigenvalue weighted by molar-refractivity contribution is -0.123. The number of nitrogens with one attached hydrogen (secondary N) is 1. The van der Waals surface area contributed by atoms with Crippen molar-refractivity contribution in [3.8, 4) is 0 Å². The monoisotopic (exact) mass is 396 g/mol. The van der Waals surface area contributed by atoms with Gasteiger partial charge in [-0.05, 0) is 23.6 Å². The lowest BCUT2D eigenvalue weighted by atomic mass is 9.95. The highest BCUT2D eigenvalue weighted by Gasteiger charge is 2.37. The molecule has 0 aromatic heterocycles. The molecule has 5 heteroatoms. The van der Waals surface area contributed by atoms with Gasteiger partial charge in [0.05, 0.1) is 5.75 Å². The van der Waals surface area contributed by atoms with E-state index in [1.807, 2.05) is 68.1 Å². The second-order valence-electron chi connectivity index (χ2n) is 8.43. The molecule has 1 atom stereocenters. The van der Waals surface area contributed by atoms with Crippen LogP contribution in [0.15, 0.2) is 48.5 Å². The number of nitrogens with zero attached hydrogens (tertiary/aromatic N) is 1. The number of para-hydroxylation sites is 2. The molecule has 1 saturated heterocycles. The Hall–Kier alpha value is -2.27. The van der Waals surface area contributed by atoms with Crippen molar-refractivity contribution in [3.63, 3.8) is 0 Å². The molecule has 4 nitrogen and oxygen atoms in total. The normalized spacial score (nSPS) is 17.3. The average molecular weight is 397 g/mol. The maximum absolute atomic E-state index is 12.8. The van der Waals surface area contributed by atoms with E-state index in [1.165, 1.54) is 0 Å². The van der Waals surface area contributed by atoms with Gasteiger partial charge >= 0.3 is 0 Å². The topological polar surface area (TPSA) is 49.4 Å². The molecule has 0 saturated carbocycles. The summed E-state index contributed by atoms with van der Waals surface area (Å²) in [5.41, 5.74) is 3.33. The van der Waals surface area contributed by atoms with Crippen molar-refractivity contribution in [2.24, 2.45) is 5.41 Å². The molecule has 148 valence electrons. The summed E-state index contributed by atoms with van der Waals surface area (Å²) in [5, 5.41) is 2.90. The van der Waals surface area contributed by atoms with Crippen LogP contribution in [0.3, 0.4) is 0 Å². The van der Waals surface area contributed by atoms with Crippen molar-refractivity contribution in [1.29, 1.82) is 0 Å². The summed E-state index contributed by atoms with van der Waals surface area (Å²) in [5.74, 6) is 0.799. The first-order valence-electron chi connectivity index (χ1n) is 9.63. The molecule has 1 N–H and O–H groups in total. The third-order valence-electron chi connectivity index (χ3n) is 4.84. The number of amides is 2. The molecular weight excluding hydrogens is 368 g/mol. The second kappa shape index (κ2) is 8.00. The van der Waals surface area contributed by atoms with Gasteiger partial charge in [-0.15, -0.1) is 11.8 Å². The number of thioether (sulfide) groups is 1. The molecule has 0 spiro atoms. The van der Waals surface area contributed by atoms with Gasteiger partial charge in [-0.2, -0.15) is 0 Å². The Morgan fingerprint density at radius 3 is 2.43 bits per heavy atom. The van der Waals surface area contributed by atoms with Crippen LogP contribution in [0.25, 0.3) is 0 Å². The Balaban J connectivity index is 2.02. The van der Waals surface area contributed by atoms with E-state index in [0.29, 0.717) is 11.7 Å². The zero-order valence-corrected chi connectivity index (χ0v) is 18.0. The molecule has 0 radical (unpaired) electrons. The third-order valence-corrected chi connectivity index (χ3v) is 6.04. The minimum absolute atomic E-state index is 0.0385. The quantitative estimate of drug-likeness (QED) is 0.735. The van der Waals surface area contributed by atoms with Crippen molar-refractivity contribution >= 4 is 35.0 Å². The first-order chi connectivity index (χ1) is 13.2. The van der Waals surface area contributed by atoms with Crippen LogP contribution in [0, 0.1) is 5.41 Å². The number of hydrogen-bond acceptors (Lipinski definition) is 3. The number of anilines is 2. The van der Waals surface area contributed by atoms with Crippen LogP contribution < -0.4 is 10.2 Å². The highest BCUT2D eigenvalue weighted by Crippen LogP contribution is 2.46. The van der Waals surface area contributed by atoms with Gasteiger partial charge in [-0.1, -0.05) is 71.0 Å². The second-order valence-corrected chi connectivity index (χ2v) is 9.50. The predicted molar refractivity (Wildman–Crippen MR) is 118 cm³/mol. The van der Waals surface area contributed by atoms with Crippen molar-refractivity contribution < 1.29 is 9.59 Å². The zero-order chi connectivity index (χ0) is 20.5. The van der Waals surface area contributed by atoms with Crippen LogP contribution in [0.5, 0.6) is 0 Å². The van der Waals surface area contributed by atoms with Gasteiger partial charge in [0.25, 0.3) is 0 Å². The van der Waals surface area contributed by atoms with E-state index < -0.39 is 5.41 Å². The van der Waals surface area contributed by atoms with E-state index in [4.69, 9.17) is 0 Å². The van der Waals surface area contributed by atoms with Gasteiger partial charge in [0.1, 0.15) is 5.37 Å². The van der Waals surface area contributed by atoms with Gasteiger partial charge in [-0.3, -0.25) is 14.5 Å². The van der Waals surface area contributed by atoms with Crippen molar-refractivity contribution in [3.05, 3.63) is 59.7 Å². The summed E-state index contributed by atoms with van der Waals surface area (Å²) in [6.07, 6.45) is 0. The Bertz CT molecular complexity index is 886. The van der Waals surface area contributed by atoms with Gasteiger partial charge in [0, 0.05) is 22.4 Å². The average Bonchev–Trinajstić information content (AvgIpc) is 3.02. The molecule has 0 unspecified atom stereocenters. The van der Waals surface area contributed by atoms with Crippen LogP contribution in [0.2, 0.25) is 0 Å². The van der Waals surface area contributed by atoms with Crippen LogP contribution in [-0.2, 0) is 9.59 Å². The highest BCUT2D eigenvalue weighted by molar-refractivity contribution is 8.00. The lowest BCUT2D eigenvalue weighted by Gasteiger charge is -2.29. The van der Waals surface area contributed by atoms with Crippen LogP contribution in [0.1, 0.15) is 57.0 Å². The summed E-state index contributed by atoms with van der Waals surface area (Å²) in [6.45, 7) is 9.95. The fraction of sp³-hybridized carbons (Fsp3) is 0.391. The number of carbonyl (C=O) groups excluding carboxylic acids is 2. The van der Waals surface area contributed by atoms with Crippen LogP contribution in [0.4, 0.5) is 11.4 Å². The summed E-state index contributed by atoms with van der Waals surface area (Å²) in [6, 6.07) is 15.9. The van der Waals surface area contributed by atoms with Crippen molar-refractivity contribution in [2.75, 3.05) is 16.0 Å². The lowest BCUT2D eigenvalue weighted by Crippen LogP contribution is -2.31. The molecule has 2 aromatic carbocycles. The largest absolute Gasteiger partial charge is 0.325 e. The summed E-state index contributed by atoms with van der Waals surface area (Å²) < 4.78 is 0. The first-order valence-corrected chi connectivity index (χ1v) is 10.7. The fourth-order valence-corrected chi connectivity index (χ4v) is 4.45. The number of hydrogen-bond donors (Lipinski definition) is 1. The SMILES string of the molecule is CC(C)c1ccccc1N1C(=O)CS[C@H]1c1ccccc1NC(=O)C(C)(C)C. The van der Waals surface area contributed by atoms with Crippen LogP contribution in [-0.4, -0.2) is 17.6 Å². The molecular formula is C23H28N2O2S. The van der Waals surface area contributed by atoms with E-state index in [0.717, 1.165) is 22.5 Å². The third kappa shape index (κ3) is 4.09. The minimum Gasteiger partial charge on any atom is -0.325 e. The fourth-order valence-electron chi connectivity index (χ4n) is 3.25. The zero-order valence-electron chi connectivity index (χ0n) is 17.2. The highest BCUT2D eigenvalue weighted by atomic mass is 32.2. The Morgan fingerprint density at radius 1 is 1.11 bits per heavy atom.